The molecule has 6 nitrogen and oxygen atoms in total. The van der Waals surface area contributed by atoms with Crippen LogP contribution in [0.3, 0.4) is 0 Å². The number of hydrogen-bond donors (Lipinski definition) is 1. The van der Waals surface area contributed by atoms with Crippen molar-refractivity contribution < 1.29 is 9.53 Å². The first-order valence-corrected chi connectivity index (χ1v) is 9.85. The van der Waals surface area contributed by atoms with E-state index in [0.29, 0.717) is 6.42 Å². The lowest BCUT2D eigenvalue weighted by atomic mass is 9.85. The van der Waals surface area contributed by atoms with E-state index in [9.17, 15) is 4.79 Å². The lowest BCUT2D eigenvalue weighted by Crippen LogP contribution is -2.62. The minimum absolute atomic E-state index is 0.0926. The largest absolute Gasteiger partial charge is 0.379 e. The summed E-state index contributed by atoms with van der Waals surface area (Å²) in [5.74, 6) is 0.167. The van der Waals surface area contributed by atoms with Crippen molar-refractivity contribution in [2.45, 2.75) is 37.6 Å². The summed E-state index contributed by atoms with van der Waals surface area (Å²) in [6.07, 6.45) is 8.23. The summed E-state index contributed by atoms with van der Waals surface area (Å²) in [6.45, 7) is 6.49. The number of pyridine rings is 1. The highest BCUT2D eigenvalue weighted by Gasteiger charge is 2.39. The minimum Gasteiger partial charge on any atom is -0.379 e. The molecule has 1 N–H and O–H groups in total. The molecule has 0 aliphatic carbocycles. The summed E-state index contributed by atoms with van der Waals surface area (Å²) in [4.78, 5) is 21.4. The third-order valence-electron chi connectivity index (χ3n) is 5.81. The van der Waals surface area contributed by atoms with Gasteiger partial charge in [0.25, 0.3) is 0 Å². The van der Waals surface area contributed by atoms with Crippen molar-refractivity contribution in [1.29, 1.82) is 0 Å². The fourth-order valence-electron chi connectivity index (χ4n) is 4.03. The van der Waals surface area contributed by atoms with Crippen LogP contribution in [0.4, 0.5) is 0 Å². The Labute approximate surface area is 156 Å². The Morgan fingerprint density at radius 2 is 2.04 bits per heavy atom. The van der Waals surface area contributed by atoms with Crippen molar-refractivity contribution in [3.63, 3.8) is 0 Å². The van der Waals surface area contributed by atoms with Crippen LogP contribution in [0.1, 0.15) is 31.2 Å². The van der Waals surface area contributed by atoms with Crippen molar-refractivity contribution >= 4 is 5.91 Å². The molecule has 0 bridgehead atoms. The highest BCUT2D eigenvalue weighted by molar-refractivity contribution is 5.75. The molecule has 3 heterocycles. The molecule has 2 saturated heterocycles. The number of rotatable bonds is 7. The van der Waals surface area contributed by atoms with Crippen LogP contribution in [0, 0.1) is 0 Å². The lowest BCUT2D eigenvalue weighted by Gasteiger charge is -2.49. The van der Waals surface area contributed by atoms with Crippen LogP contribution in [0.25, 0.3) is 0 Å². The number of amides is 1. The van der Waals surface area contributed by atoms with Crippen molar-refractivity contribution in [2.75, 3.05) is 53.0 Å². The number of hydrogen-bond acceptors (Lipinski definition) is 5. The smallest absolute Gasteiger partial charge is 0.220 e. The molecule has 0 spiro atoms. The standard InChI is InChI=1S/C20H32N4O2/c1-23-10-7-20(8-11-23,24-12-14-26-15-13-24)17-22-19(25)6-2-4-18-5-3-9-21-16-18/h3,5,9,16H,2,4,6-8,10-15,17H2,1H3,(H,22,25). The highest BCUT2D eigenvalue weighted by Crippen LogP contribution is 2.29. The topological polar surface area (TPSA) is 57.7 Å². The molecule has 0 saturated carbocycles. The molecule has 0 atom stereocenters. The number of carbonyl (C=O) groups excluding carboxylic acids is 1. The first-order valence-electron chi connectivity index (χ1n) is 9.85. The van der Waals surface area contributed by atoms with Gasteiger partial charge in [-0.25, -0.2) is 0 Å². The SMILES string of the molecule is CN1CCC(CNC(=O)CCCc2cccnc2)(N2CCOCC2)CC1. The number of nitrogens with one attached hydrogen (secondary N) is 1. The molecule has 2 aliphatic rings. The maximum Gasteiger partial charge on any atom is 0.220 e. The molecule has 6 heteroatoms. The van der Waals surface area contributed by atoms with E-state index < -0.39 is 0 Å². The first kappa shape index (κ1) is 19.3. The first-order chi connectivity index (χ1) is 12.7. The van der Waals surface area contributed by atoms with Gasteiger partial charge in [0.15, 0.2) is 0 Å². The van der Waals surface area contributed by atoms with Crippen LogP contribution < -0.4 is 5.32 Å². The van der Waals surface area contributed by atoms with Gasteiger partial charge in [-0.15, -0.1) is 0 Å². The number of likely N-dealkylation sites (tertiary alicyclic amines) is 1. The fraction of sp³-hybridized carbons (Fsp3) is 0.700. The van der Waals surface area contributed by atoms with Crippen LogP contribution in [-0.2, 0) is 16.0 Å². The van der Waals surface area contributed by atoms with Gasteiger partial charge in [-0.2, -0.15) is 0 Å². The normalized spacial score (nSPS) is 21.4. The quantitative estimate of drug-likeness (QED) is 0.795. The molecule has 1 aromatic heterocycles. The van der Waals surface area contributed by atoms with Gasteiger partial charge < -0.3 is 15.0 Å². The third kappa shape index (κ3) is 5.25. The Hall–Kier alpha value is -1.50. The van der Waals surface area contributed by atoms with Crippen LogP contribution >= 0.6 is 0 Å². The Balaban J connectivity index is 1.48. The van der Waals surface area contributed by atoms with Gasteiger partial charge in [-0.1, -0.05) is 6.07 Å². The molecule has 26 heavy (non-hydrogen) atoms. The zero-order chi connectivity index (χ0) is 18.2. The summed E-state index contributed by atoms with van der Waals surface area (Å²) in [6, 6.07) is 4.01. The number of nitrogens with zero attached hydrogens (tertiary/aromatic N) is 3. The summed E-state index contributed by atoms with van der Waals surface area (Å²) in [5, 5.41) is 3.24. The van der Waals surface area contributed by atoms with E-state index >= 15 is 0 Å². The number of morpholine rings is 1. The average molecular weight is 361 g/mol. The predicted octanol–water partition coefficient (Wildman–Crippen LogP) is 1.32. The number of aryl methyl sites for hydroxylation is 1. The van der Waals surface area contributed by atoms with Gasteiger partial charge in [0.2, 0.25) is 5.91 Å². The summed E-state index contributed by atoms with van der Waals surface area (Å²) in [5.41, 5.74) is 1.29. The number of ether oxygens (including phenoxy) is 1. The maximum absolute atomic E-state index is 12.4. The molecular formula is C20H32N4O2. The number of piperidine rings is 1. The van der Waals surface area contributed by atoms with E-state index in [1.54, 1.807) is 6.20 Å². The van der Waals surface area contributed by atoms with E-state index in [2.05, 4.69) is 33.2 Å². The van der Waals surface area contributed by atoms with Crippen LogP contribution in [0.15, 0.2) is 24.5 Å². The lowest BCUT2D eigenvalue weighted by molar-refractivity contribution is -0.122. The van der Waals surface area contributed by atoms with Crippen LogP contribution in [0.5, 0.6) is 0 Å². The van der Waals surface area contributed by atoms with E-state index in [1.165, 1.54) is 5.56 Å². The molecule has 0 unspecified atom stereocenters. The van der Waals surface area contributed by atoms with E-state index in [0.717, 1.165) is 71.6 Å². The number of aromatic nitrogens is 1. The van der Waals surface area contributed by atoms with E-state index in [4.69, 9.17) is 4.74 Å². The average Bonchev–Trinajstić information content (AvgIpc) is 2.69. The second kappa shape index (κ2) is 9.44. The highest BCUT2D eigenvalue weighted by atomic mass is 16.5. The van der Waals surface area contributed by atoms with Gasteiger partial charge >= 0.3 is 0 Å². The summed E-state index contributed by atoms with van der Waals surface area (Å²) < 4.78 is 5.53. The molecule has 0 aromatic carbocycles. The van der Waals surface area contributed by atoms with E-state index in [-0.39, 0.29) is 11.4 Å². The monoisotopic (exact) mass is 360 g/mol. The molecule has 2 fully saturated rings. The second-order valence-corrected chi connectivity index (χ2v) is 7.62. The zero-order valence-corrected chi connectivity index (χ0v) is 16.0. The molecule has 1 aromatic rings. The minimum atomic E-state index is 0.0926. The van der Waals surface area contributed by atoms with Gasteiger partial charge in [0, 0.05) is 44.0 Å². The zero-order valence-electron chi connectivity index (χ0n) is 16.0. The third-order valence-corrected chi connectivity index (χ3v) is 5.81. The summed E-state index contributed by atoms with van der Waals surface area (Å²) in [7, 11) is 2.18. The predicted molar refractivity (Wildman–Crippen MR) is 102 cm³/mol. The molecule has 2 aliphatic heterocycles. The fourth-order valence-corrected chi connectivity index (χ4v) is 4.03. The van der Waals surface area contributed by atoms with Gasteiger partial charge in [0.05, 0.1) is 13.2 Å². The Bertz CT molecular complexity index is 552. The summed E-state index contributed by atoms with van der Waals surface area (Å²) >= 11 is 0. The molecule has 0 radical (unpaired) electrons. The van der Waals surface area contributed by atoms with Crippen molar-refractivity contribution in [2.24, 2.45) is 0 Å². The van der Waals surface area contributed by atoms with Gasteiger partial charge in [-0.3, -0.25) is 14.7 Å². The molecule has 1 amide bonds. The Kier molecular flexibility index (Phi) is 7.00. The van der Waals surface area contributed by atoms with Crippen LogP contribution in [-0.4, -0.2) is 79.2 Å². The Morgan fingerprint density at radius 1 is 1.27 bits per heavy atom. The molecule has 144 valence electrons. The Morgan fingerprint density at radius 3 is 2.73 bits per heavy atom. The molecule has 3 rings (SSSR count). The van der Waals surface area contributed by atoms with Crippen molar-refractivity contribution in [3.05, 3.63) is 30.1 Å². The number of carbonyl (C=O) groups is 1. The maximum atomic E-state index is 12.4. The van der Waals surface area contributed by atoms with Gasteiger partial charge in [-0.05, 0) is 57.5 Å². The van der Waals surface area contributed by atoms with E-state index in [1.807, 2.05) is 12.3 Å². The molecular weight excluding hydrogens is 328 g/mol. The van der Waals surface area contributed by atoms with Crippen molar-refractivity contribution in [3.8, 4) is 0 Å². The van der Waals surface area contributed by atoms with Crippen LogP contribution in [0.2, 0.25) is 0 Å². The second-order valence-electron chi connectivity index (χ2n) is 7.62. The van der Waals surface area contributed by atoms with Gasteiger partial charge in [0.1, 0.15) is 0 Å². The van der Waals surface area contributed by atoms with Crippen molar-refractivity contribution in [1.82, 2.24) is 20.1 Å².